The van der Waals surface area contributed by atoms with Crippen LogP contribution in [0.2, 0.25) is 0 Å². The van der Waals surface area contributed by atoms with Gasteiger partial charge in [-0.15, -0.1) is 0 Å². The minimum atomic E-state index is -1.22. The van der Waals surface area contributed by atoms with E-state index in [1.807, 2.05) is 20.8 Å². The third-order valence-electron chi connectivity index (χ3n) is 3.17. The number of halogens is 1. The van der Waals surface area contributed by atoms with E-state index < -0.39 is 5.97 Å². The van der Waals surface area contributed by atoms with Crippen LogP contribution in [0.3, 0.4) is 0 Å². The minimum absolute atomic E-state index is 0.0325. The summed E-state index contributed by atoms with van der Waals surface area (Å²) < 4.78 is 14.5. The molecule has 1 heterocycles. The maximum absolute atomic E-state index is 13.0. The summed E-state index contributed by atoms with van der Waals surface area (Å²) in [5.41, 5.74) is 1.84. The highest BCUT2D eigenvalue weighted by molar-refractivity contribution is 5.89. The molecule has 0 spiro atoms. The summed E-state index contributed by atoms with van der Waals surface area (Å²) in [5, 5.41) is 15.8. The van der Waals surface area contributed by atoms with E-state index in [-0.39, 0.29) is 17.3 Å². The van der Waals surface area contributed by atoms with Gasteiger partial charge < -0.3 is 9.90 Å². The molecule has 106 valence electrons. The molecule has 5 heteroatoms. The lowest BCUT2D eigenvalue weighted by Crippen LogP contribution is -2.25. The topological polar surface area (TPSA) is 57.9 Å². The minimum Gasteiger partial charge on any atom is -0.545 e. The number of nitrogens with zero attached hydrogens (tertiary/aromatic N) is 2. The molecule has 4 nitrogen and oxygen atoms in total. The van der Waals surface area contributed by atoms with Crippen LogP contribution >= 0.6 is 0 Å². The number of carbonyl (C=O) groups is 1. The number of benzene rings is 1. The average molecular weight is 275 g/mol. The Balaban J connectivity index is 2.67. The van der Waals surface area contributed by atoms with Crippen LogP contribution in [0.25, 0.3) is 5.69 Å². The highest BCUT2D eigenvalue weighted by Crippen LogP contribution is 2.24. The number of aromatic nitrogens is 2. The predicted octanol–water partition coefficient (Wildman–Crippen LogP) is 2.06. The lowest BCUT2D eigenvalue weighted by molar-refractivity contribution is -0.255. The molecule has 0 saturated carbocycles. The highest BCUT2D eigenvalue weighted by atomic mass is 19.1. The molecule has 0 N–H and O–H groups in total. The zero-order valence-electron chi connectivity index (χ0n) is 11.7. The first-order valence-corrected chi connectivity index (χ1v) is 6.54. The summed E-state index contributed by atoms with van der Waals surface area (Å²) in [6.45, 7) is 5.61. The molecule has 0 unspecified atom stereocenters. The second-order valence-corrected chi connectivity index (χ2v) is 4.89. The Morgan fingerprint density at radius 2 is 1.95 bits per heavy atom. The van der Waals surface area contributed by atoms with Crippen molar-refractivity contribution in [2.75, 3.05) is 0 Å². The van der Waals surface area contributed by atoms with Crippen molar-refractivity contribution in [1.82, 2.24) is 9.78 Å². The quantitative estimate of drug-likeness (QED) is 0.858. The first kappa shape index (κ1) is 14.2. The number of carboxylic acids is 1. The first-order valence-electron chi connectivity index (χ1n) is 6.54. The maximum atomic E-state index is 13.0. The molecule has 0 amide bonds. The van der Waals surface area contributed by atoms with Gasteiger partial charge >= 0.3 is 0 Å². The molecule has 1 aromatic heterocycles. The SMILES string of the molecule is CCc1c(C(=O)[O-])c(C(C)C)nn1-c1ccc(F)cc1. The Kier molecular flexibility index (Phi) is 3.88. The monoisotopic (exact) mass is 275 g/mol. The van der Waals surface area contributed by atoms with Crippen molar-refractivity contribution >= 4 is 5.97 Å². The van der Waals surface area contributed by atoms with Gasteiger partial charge in [0.1, 0.15) is 5.82 Å². The Morgan fingerprint density at radius 3 is 2.40 bits per heavy atom. The largest absolute Gasteiger partial charge is 0.545 e. The molecule has 20 heavy (non-hydrogen) atoms. The molecule has 0 aliphatic rings. The van der Waals surface area contributed by atoms with Crippen molar-refractivity contribution in [3.05, 3.63) is 47.0 Å². The van der Waals surface area contributed by atoms with E-state index in [1.165, 1.54) is 12.1 Å². The fourth-order valence-electron chi connectivity index (χ4n) is 2.22. The summed E-state index contributed by atoms with van der Waals surface area (Å²) in [6.07, 6.45) is 0.500. The summed E-state index contributed by atoms with van der Waals surface area (Å²) in [6, 6.07) is 5.80. The van der Waals surface area contributed by atoms with Gasteiger partial charge in [-0.25, -0.2) is 9.07 Å². The highest BCUT2D eigenvalue weighted by Gasteiger charge is 2.20. The summed E-state index contributed by atoms with van der Waals surface area (Å²) in [7, 11) is 0. The molecule has 0 aliphatic heterocycles. The zero-order valence-corrected chi connectivity index (χ0v) is 11.7. The van der Waals surface area contributed by atoms with E-state index >= 15 is 0 Å². The first-order chi connectivity index (χ1) is 9.45. The van der Waals surface area contributed by atoms with Crippen molar-refractivity contribution in [3.63, 3.8) is 0 Å². The molecule has 0 saturated heterocycles. The van der Waals surface area contributed by atoms with Crippen LogP contribution in [0.1, 0.15) is 48.4 Å². The van der Waals surface area contributed by atoms with Crippen molar-refractivity contribution < 1.29 is 14.3 Å². The molecule has 0 bridgehead atoms. The molecule has 0 fully saturated rings. The number of aromatic carboxylic acids is 1. The predicted molar refractivity (Wildman–Crippen MR) is 71.3 cm³/mol. The van der Waals surface area contributed by atoms with Crippen LogP contribution in [0.5, 0.6) is 0 Å². The number of carbonyl (C=O) groups excluding carboxylic acids is 1. The molecule has 0 aliphatic carbocycles. The van der Waals surface area contributed by atoms with Crippen LogP contribution in [-0.2, 0) is 6.42 Å². The smallest absolute Gasteiger partial charge is 0.123 e. The molecule has 2 rings (SSSR count). The molecular weight excluding hydrogens is 259 g/mol. The second-order valence-electron chi connectivity index (χ2n) is 4.89. The van der Waals surface area contributed by atoms with Crippen LogP contribution in [-0.4, -0.2) is 15.7 Å². The van der Waals surface area contributed by atoms with Gasteiger partial charge in [0.2, 0.25) is 0 Å². The van der Waals surface area contributed by atoms with Gasteiger partial charge in [0, 0.05) is 5.56 Å². The third kappa shape index (κ3) is 2.43. The van der Waals surface area contributed by atoms with Crippen molar-refractivity contribution in [2.45, 2.75) is 33.1 Å². The fourth-order valence-corrected chi connectivity index (χ4v) is 2.22. The van der Waals surface area contributed by atoms with Gasteiger partial charge in [-0.3, -0.25) is 0 Å². The molecule has 0 atom stereocenters. The average Bonchev–Trinajstić information content (AvgIpc) is 2.79. The van der Waals surface area contributed by atoms with Crippen molar-refractivity contribution in [3.8, 4) is 5.69 Å². The number of carboxylic acid groups (broad SMARTS) is 1. The molecule has 1 aromatic carbocycles. The summed E-state index contributed by atoms with van der Waals surface area (Å²) in [4.78, 5) is 11.4. The Morgan fingerprint density at radius 1 is 1.35 bits per heavy atom. The maximum Gasteiger partial charge on any atom is 0.123 e. The van der Waals surface area contributed by atoms with Gasteiger partial charge in [0.25, 0.3) is 0 Å². The van der Waals surface area contributed by atoms with E-state index in [1.54, 1.807) is 16.8 Å². The zero-order chi connectivity index (χ0) is 14.9. The second kappa shape index (κ2) is 5.45. The standard InChI is InChI=1S/C15H17FN2O2/c1-4-12-13(15(19)20)14(9(2)3)17-18(12)11-7-5-10(16)6-8-11/h5-9H,4H2,1-3H3,(H,19,20)/p-1. The lowest BCUT2D eigenvalue weighted by atomic mass is 10.0. The van der Waals surface area contributed by atoms with Crippen molar-refractivity contribution in [2.24, 2.45) is 0 Å². The van der Waals surface area contributed by atoms with Crippen molar-refractivity contribution in [1.29, 1.82) is 0 Å². The summed E-state index contributed by atoms with van der Waals surface area (Å²) >= 11 is 0. The van der Waals surface area contributed by atoms with Crippen LogP contribution < -0.4 is 5.11 Å². The number of hydrogen-bond acceptors (Lipinski definition) is 3. The van der Waals surface area contributed by atoms with Gasteiger partial charge in [-0.05, 0) is 36.6 Å². The Hall–Kier alpha value is -2.17. The fraction of sp³-hybridized carbons (Fsp3) is 0.333. The van der Waals surface area contributed by atoms with E-state index in [9.17, 15) is 14.3 Å². The number of rotatable bonds is 4. The van der Waals surface area contributed by atoms with E-state index in [0.29, 0.717) is 23.5 Å². The van der Waals surface area contributed by atoms with Gasteiger partial charge in [-0.1, -0.05) is 20.8 Å². The van der Waals surface area contributed by atoms with Crippen LogP contribution in [0.4, 0.5) is 4.39 Å². The molecular formula is C15H16FN2O2-. The van der Waals surface area contributed by atoms with Gasteiger partial charge in [0.15, 0.2) is 0 Å². The van der Waals surface area contributed by atoms with E-state index in [0.717, 1.165) is 0 Å². The lowest BCUT2D eigenvalue weighted by Gasteiger charge is -2.09. The van der Waals surface area contributed by atoms with E-state index in [4.69, 9.17) is 0 Å². The Labute approximate surface area is 116 Å². The van der Waals surface area contributed by atoms with Crippen LogP contribution in [0, 0.1) is 5.82 Å². The third-order valence-corrected chi connectivity index (χ3v) is 3.17. The van der Waals surface area contributed by atoms with Gasteiger partial charge in [-0.2, -0.15) is 5.10 Å². The van der Waals surface area contributed by atoms with Crippen LogP contribution in [0.15, 0.2) is 24.3 Å². The number of hydrogen-bond donors (Lipinski definition) is 0. The Bertz CT molecular complexity index is 630. The molecule has 0 radical (unpaired) electrons. The van der Waals surface area contributed by atoms with E-state index in [2.05, 4.69) is 5.10 Å². The normalized spacial score (nSPS) is 11.1. The van der Waals surface area contributed by atoms with Gasteiger partial charge in [0.05, 0.1) is 23.0 Å². The molecule has 2 aromatic rings. The summed E-state index contributed by atoms with van der Waals surface area (Å²) in [5.74, 6) is -1.60.